The van der Waals surface area contributed by atoms with Crippen molar-refractivity contribution in [2.75, 3.05) is 5.32 Å². The highest BCUT2D eigenvalue weighted by molar-refractivity contribution is 5.73. The predicted molar refractivity (Wildman–Crippen MR) is 48.1 cm³/mol. The molecule has 1 heterocycles. The van der Waals surface area contributed by atoms with E-state index in [0.717, 1.165) is 5.69 Å². The number of nitrogens with one attached hydrogen (secondary N) is 1. The zero-order chi connectivity index (χ0) is 9.26. The molecule has 1 aliphatic rings. The normalized spacial score (nSPS) is 15.7. The molecule has 70 valence electrons. The first kappa shape index (κ1) is 8.10. The molecule has 1 aliphatic carbocycles. The lowest BCUT2D eigenvalue weighted by atomic mass is 10.5. The summed E-state index contributed by atoms with van der Waals surface area (Å²) in [5, 5.41) is 7.26. The molecule has 0 radical (unpaired) electrons. The van der Waals surface area contributed by atoms with Gasteiger partial charge < -0.3 is 11.1 Å². The van der Waals surface area contributed by atoms with Gasteiger partial charge in [0.05, 0.1) is 11.9 Å². The van der Waals surface area contributed by atoms with Gasteiger partial charge in [0.25, 0.3) is 0 Å². The molecule has 0 bridgehead atoms. The van der Waals surface area contributed by atoms with Crippen molar-refractivity contribution in [3.05, 3.63) is 12.4 Å². The third kappa shape index (κ3) is 2.21. The lowest BCUT2D eigenvalue weighted by molar-refractivity contribution is -0.118. The summed E-state index contributed by atoms with van der Waals surface area (Å²) < 4.78 is 1.53. The Bertz CT molecular complexity index is 316. The Labute approximate surface area is 75.9 Å². The van der Waals surface area contributed by atoms with E-state index < -0.39 is 0 Å². The van der Waals surface area contributed by atoms with Crippen LogP contribution in [0.2, 0.25) is 0 Å². The molecule has 5 nitrogen and oxygen atoms in total. The molecular formula is C8H12N4O. The lowest BCUT2D eigenvalue weighted by Crippen LogP contribution is -2.18. The fourth-order valence-electron chi connectivity index (χ4n) is 1.15. The molecule has 3 N–H and O–H groups in total. The van der Waals surface area contributed by atoms with E-state index in [1.54, 1.807) is 12.4 Å². The largest absolute Gasteiger partial charge is 0.380 e. The minimum atomic E-state index is -0.374. The maximum Gasteiger partial charge on any atom is 0.239 e. The number of rotatable bonds is 4. The zero-order valence-electron chi connectivity index (χ0n) is 7.23. The van der Waals surface area contributed by atoms with Gasteiger partial charge in [0.2, 0.25) is 5.91 Å². The van der Waals surface area contributed by atoms with Crippen molar-refractivity contribution in [3.8, 4) is 0 Å². The molecule has 0 aliphatic heterocycles. The number of nitrogens with two attached hydrogens (primary N) is 1. The second kappa shape index (κ2) is 3.08. The molecule has 0 unspecified atom stereocenters. The van der Waals surface area contributed by atoms with Crippen LogP contribution in [0.4, 0.5) is 5.69 Å². The molecule has 1 saturated carbocycles. The van der Waals surface area contributed by atoms with Crippen LogP contribution in [0.15, 0.2) is 12.4 Å². The standard InChI is InChI=1S/C8H12N4O/c9-8(13)5-12-4-7(3-10-12)11-6-1-2-6/h3-4,6,11H,1-2,5H2,(H2,9,13). The van der Waals surface area contributed by atoms with Crippen LogP contribution in [0, 0.1) is 0 Å². The number of anilines is 1. The Morgan fingerprint density at radius 1 is 1.77 bits per heavy atom. The van der Waals surface area contributed by atoms with Gasteiger partial charge in [-0.05, 0) is 12.8 Å². The maximum atomic E-state index is 10.6. The second-order valence-electron chi connectivity index (χ2n) is 3.31. The van der Waals surface area contributed by atoms with Crippen LogP contribution in [0.1, 0.15) is 12.8 Å². The molecule has 1 aromatic rings. The van der Waals surface area contributed by atoms with Crippen molar-refractivity contribution >= 4 is 11.6 Å². The number of primary amides is 1. The molecular weight excluding hydrogens is 168 g/mol. The van der Waals surface area contributed by atoms with Gasteiger partial charge in [-0.3, -0.25) is 9.48 Å². The topological polar surface area (TPSA) is 72.9 Å². The second-order valence-corrected chi connectivity index (χ2v) is 3.31. The number of amides is 1. The first-order valence-corrected chi connectivity index (χ1v) is 4.31. The number of hydrogen-bond donors (Lipinski definition) is 2. The zero-order valence-corrected chi connectivity index (χ0v) is 7.23. The number of hydrogen-bond acceptors (Lipinski definition) is 3. The van der Waals surface area contributed by atoms with Crippen LogP contribution in [-0.4, -0.2) is 21.7 Å². The van der Waals surface area contributed by atoms with Gasteiger partial charge in [-0.2, -0.15) is 5.10 Å². The summed E-state index contributed by atoms with van der Waals surface area (Å²) in [7, 11) is 0. The molecule has 1 fully saturated rings. The van der Waals surface area contributed by atoms with Gasteiger partial charge >= 0.3 is 0 Å². The lowest BCUT2D eigenvalue weighted by Gasteiger charge is -1.97. The highest BCUT2D eigenvalue weighted by Crippen LogP contribution is 2.23. The van der Waals surface area contributed by atoms with E-state index in [2.05, 4.69) is 10.4 Å². The third-order valence-electron chi connectivity index (χ3n) is 1.90. The fraction of sp³-hybridized carbons (Fsp3) is 0.500. The van der Waals surface area contributed by atoms with Crippen LogP contribution in [0.25, 0.3) is 0 Å². The summed E-state index contributed by atoms with van der Waals surface area (Å²) in [6.45, 7) is 0.145. The first-order chi connectivity index (χ1) is 6.24. The molecule has 2 rings (SSSR count). The average Bonchev–Trinajstić information content (AvgIpc) is 2.73. The molecule has 13 heavy (non-hydrogen) atoms. The Hall–Kier alpha value is -1.52. The van der Waals surface area contributed by atoms with Crippen LogP contribution in [0.3, 0.4) is 0 Å². The van der Waals surface area contributed by atoms with Crippen molar-refractivity contribution in [1.82, 2.24) is 9.78 Å². The van der Waals surface area contributed by atoms with Crippen LogP contribution >= 0.6 is 0 Å². The van der Waals surface area contributed by atoms with Gasteiger partial charge in [0, 0.05) is 12.2 Å². The van der Waals surface area contributed by atoms with Crippen LogP contribution < -0.4 is 11.1 Å². The molecule has 5 heteroatoms. The first-order valence-electron chi connectivity index (χ1n) is 4.31. The number of aromatic nitrogens is 2. The van der Waals surface area contributed by atoms with Crippen LogP contribution in [-0.2, 0) is 11.3 Å². The van der Waals surface area contributed by atoms with Crippen molar-refractivity contribution < 1.29 is 4.79 Å². The van der Waals surface area contributed by atoms with E-state index in [9.17, 15) is 4.79 Å². The summed E-state index contributed by atoms with van der Waals surface area (Å²) >= 11 is 0. The molecule has 1 aromatic heterocycles. The molecule has 0 aromatic carbocycles. The predicted octanol–water partition coefficient (Wildman–Crippen LogP) is -0.0573. The smallest absolute Gasteiger partial charge is 0.239 e. The van der Waals surface area contributed by atoms with Gasteiger partial charge in [0.15, 0.2) is 0 Å². The summed E-state index contributed by atoms with van der Waals surface area (Å²) in [5.41, 5.74) is 5.99. The molecule has 1 amide bonds. The van der Waals surface area contributed by atoms with E-state index in [0.29, 0.717) is 6.04 Å². The van der Waals surface area contributed by atoms with Crippen molar-refractivity contribution in [2.24, 2.45) is 5.73 Å². The van der Waals surface area contributed by atoms with Gasteiger partial charge in [0.1, 0.15) is 6.54 Å². The highest BCUT2D eigenvalue weighted by Gasteiger charge is 2.21. The third-order valence-corrected chi connectivity index (χ3v) is 1.90. The quantitative estimate of drug-likeness (QED) is 0.682. The summed E-state index contributed by atoms with van der Waals surface area (Å²) in [6.07, 6.45) is 5.95. The van der Waals surface area contributed by atoms with E-state index in [-0.39, 0.29) is 12.5 Å². The highest BCUT2D eigenvalue weighted by atomic mass is 16.1. The Morgan fingerprint density at radius 3 is 3.15 bits per heavy atom. The fourth-order valence-corrected chi connectivity index (χ4v) is 1.15. The Balaban J connectivity index is 1.95. The number of carbonyl (C=O) groups excluding carboxylic acids is 1. The summed E-state index contributed by atoms with van der Waals surface area (Å²) in [6, 6.07) is 0.603. The number of nitrogens with zero attached hydrogens (tertiary/aromatic N) is 2. The minimum absolute atomic E-state index is 0.145. The summed E-state index contributed by atoms with van der Waals surface area (Å²) in [4.78, 5) is 10.6. The van der Waals surface area contributed by atoms with E-state index in [1.165, 1.54) is 17.5 Å². The van der Waals surface area contributed by atoms with Crippen molar-refractivity contribution in [2.45, 2.75) is 25.4 Å². The molecule has 0 spiro atoms. The molecule has 0 atom stereocenters. The number of carbonyl (C=O) groups is 1. The van der Waals surface area contributed by atoms with Crippen LogP contribution in [0.5, 0.6) is 0 Å². The van der Waals surface area contributed by atoms with E-state index >= 15 is 0 Å². The molecule has 0 saturated heterocycles. The average molecular weight is 180 g/mol. The van der Waals surface area contributed by atoms with E-state index in [4.69, 9.17) is 5.73 Å². The Morgan fingerprint density at radius 2 is 2.54 bits per heavy atom. The Kier molecular flexibility index (Phi) is 1.92. The van der Waals surface area contributed by atoms with E-state index in [1.807, 2.05) is 0 Å². The van der Waals surface area contributed by atoms with Gasteiger partial charge in [-0.1, -0.05) is 0 Å². The monoisotopic (exact) mass is 180 g/mol. The SMILES string of the molecule is NC(=O)Cn1cc(NC2CC2)cn1. The maximum absolute atomic E-state index is 10.6. The van der Waals surface area contributed by atoms with Crippen molar-refractivity contribution in [3.63, 3.8) is 0 Å². The summed E-state index contributed by atoms with van der Waals surface area (Å²) in [5.74, 6) is -0.374. The van der Waals surface area contributed by atoms with Gasteiger partial charge in [-0.25, -0.2) is 0 Å². The van der Waals surface area contributed by atoms with Gasteiger partial charge in [-0.15, -0.1) is 0 Å². The minimum Gasteiger partial charge on any atom is -0.380 e. The van der Waals surface area contributed by atoms with Crippen molar-refractivity contribution in [1.29, 1.82) is 0 Å².